The van der Waals surface area contributed by atoms with Crippen molar-refractivity contribution in [3.63, 3.8) is 0 Å². The number of hydrogen-bond donors (Lipinski definition) is 1. The first kappa shape index (κ1) is 13.8. The first-order chi connectivity index (χ1) is 10.2. The van der Waals surface area contributed by atoms with Crippen LogP contribution in [-0.4, -0.2) is 22.2 Å². The fourth-order valence-electron chi connectivity index (χ4n) is 3.44. The smallest absolute Gasteiger partial charge is 0.245 e. The summed E-state index contributed by atoms with van der Waals surface area (Å²) in [6, 6.07) is 18.3. The van der Waals surface area contributed by atoms with Crippen LogP contribution in [0, 0.1) is 10.1 Å². The number of benzene rings is 2. The SMILES string of the molecule is O=[N+]([O-])C1C(O)C[C@@H](c2ccccc2)[C@@H]1c1ccccc1. The Kier molecular flexibility index (Phi) is 3.71. The summed E-state index contributed by atoms with van der Waals surface area (Å²) in [5, 5.41) is 21.6. The van der Waals surface area contributed by atoms with E-state index in [-0.39, 0.29) is 16.8 Å². The molecule has 2 aromatic carbocycles. The maximum Gasteiger partial charge on any atom is 0.245 e. The highest BCUT2D eigenvalue weighted by molar-refractivity contribution is 5.32. The van der Waals surface area contributed by atoms with Gasteiger partial charge in [0.15, 0.2) is 0 Å². The third kappa shape index (κ3) is 2.54. The Hall–Kier alpha value is -2.20. The van der Waals surface area contributed by atoms with Crippen molar-refractivity contribution in [2.75, 3.05) is 0 Å². The molecule has 108 valence electrons. The Labute approximate surface area is 123 Å². The third-order valence-corrected chi connectivity index (χ3v) is 4.35. The second-order valence-corrected chi connectivity index (χ2v) is 5.53. The van der Waals surface area contributed by atoms with Crippen LogP contribution in [0.15, 0.2) is 60.7 Å². The second-order valence-electron chi connectivity index (χ2n) is 5.53. The Bertz CT molecular complexity index is 614. The fraction of sp³-hybridized carbons (Fsp3) is 0.294. The molecule has 2 aromatic rings. The highest BCUT2D eigenvalue weighted by Gasteiger charge is 2.51. The number of rotatable bonds is 3. The maximum absolute atomic E-state index is 11.4. The van der Waals surface area contributed by atoms with Gasteiger partial charge in [0.05, 0.1) is 5.92 Å². The quantitative estimate of drug-likeness (QED) is 0.695. The first-order valence-electron chi connectivity index (χ1n) is 7.10. The predicted molar refractivity (Wildman–Crippen MR) is 79.8 cm³/mol. The van der Waals surface area contributed by atoms with Crippen LogP contribution in [-0.2, 0) is 0 Å². The summed E-state index contributed by atoms with van der Waals surface area (Å²) in [4.78, 5) is 11.1. The van der Waals surface area contributed by atoms with Gasteiger partial charge in [0.25, 0.3) is 0 Å². The van der Waals surface area contributed by atoms with Gasteiger partial charge in [-0.2, -0.15) is 0 Å². The minimum Gasteiger partial charge on any atom is -0.386 e. The molecule has 0 spiro atoms. The summed E-state index contributed by atoms with van der Waals surface area (Å²) in [6.07, 6.45) is -0.481. The lowest BCUT2D eigenvalue weighted by Crippen LogP contribution is -2.33. The Morgan fingerprint density at radius 1 is 0.952 bits per heavy atom. The van der Waals surface area contributed by atoms with Gasteiger partial charge in [-0.15, -0.1) is 0 Å². The zero-order chi connectivity index (χ0) is 14.8. The van der Waals surface area contributed by atoms with Gasteiger partial charge in [0, 0.05) is 10.8 Å². The molecule has 3 rings (SSSR count). The monoisotopic (exact) mass is 283 g/mol. The van der Waals surface area contributed by atoms with Crippen LogP contribution in [0.1, 0.15) is 29.4 Å². The molecule has 4 atom stereocenters. The molecular formula is C17H17NO3. The van der Waals surface area contributed by atoms with Crippen LogP contribution in [0.25, 0.3) is 0 Å². The molecule has 1 aliphatic rings. The molecule has 0 heterocycles. The van der Waals surface area contributed by atoms with E-state index in [1.807, 2.05) is 60.7 Å². The zero-order valence-corrected chi connectivity index (χ0v) is 11.5. The molecule has 1 N–H and O–H groups in total. The predicted octanol–water partition coefficient (Wildman–Crippen LogP) is 2.96. The molecule has 2 unspecified atom stereocenters. The molecule has 0 aliphatic heterocycles. The van der Waals surface area contributed by atoms with Gasteiger partial charge in [-0.3, -0.25) is 10.1 Å². The van der Waals surface area contributed by atoms with Gasteiger partial charge in [-0.1, -0.05) is 60.7 Å². The molecule has 1 saturated carbocycles. The molecule has 1 fully saturated rings. The summed E-state index contributed by atoms with van der Waals surface area (Å²) in [5.74, 6) is -0.322. The van der Waals surface area contributed by atoms with Crippen LogP contribution in [0.2, 0.25) is 0 Å². The molecule has 1 aliphatic carbocycles. The highest BCUT2D eigenvalue weighted by Crippen LogP contribution is 2.47. The lowest BCUT2D eigenvalue weighted by molar-refractivity contribution is -0.533. The molecule has 21 heavy (non-hydrogen) atoms. The number of nitrogens with zero attached hydrogens (tertiary/aromatic N) is 1. The first-order valence-corrected chi connectivity index (χ1v) is 7.10. The van der Waals surface area contributed by atoms with E-state index in [1.54, 1.807) is 0 Å². The summed E-state index contributed by atoms with van der Waals surface area (Å²) < 4.78 is 0. The molecule has 4 heteroatoms. The van der Waals surface area contributed by atoms with Crippen molar-refractivity contribution in [1.82, 2.24) is 0 Å². The Balaban J connectivity index is 2.05. The summed E-state index contributed by atoms with van der Waals surface area (Å²) in [7, 11) is 0. The number of hydrogen-bond acceptors (Lipinski definition) is 3. The average Bonchev–Trinajstić information content (AvgIpc) is 2.86. The molecule has 4 nitrogen and oxygen atoms in total. The van der Waals surface area contributed by atoms with Crippen molar-refractivity contribution >= 4 is 0 Å². The van der Waals surface area contributed by atoms with Crippen molar-refractivity contribution in [2.45, 2.75) is 30.4 Å². The fourth-order valence-corrected chi connectivity index (χ4v) is 3.44. The van der Waals surface area contributed by atoms with Crippen molar-refractivity contribution < 1.29 is 10.0 Å². The Morgan fingerprint density at radius 2 is 1.48 bits per heavy atom. The van der Waals surface area contributed by atoms with E-state index in [4.69, 9.17) is 0 Å². The average molecular weight is 283 g/mol. The van der Waals surface area contributed by atoms with E-state index in [9.17, 15) is 15.2 Å². The van der Waals surface area contributed by atoms with Crippen molar-refractivity contribution in [3.8, 4) is 0 Å². The molecular weight excluding hydrogens is 266 g/mol. The van der Waals surface area contributed by atoms with E-state index in [1.165, 1.54) is 0 Å². The molecule has 0 bridgehead atoms. The van der Waals surface area contributed by atoms with E-state index < -0.39 is 12.1 Å². The van der Waals surface area contributed by atoms with E-state index in [0.717, 1.165) is 11.1 Å². The third-order valence-electron chi connectivity index (χ3n) is 4.35. The lowest BCUT2D eigenvalue weighted by Gasteiger charge is -2.21. The van der Waals surface area contributed by atoms with E-state index >= 15 is 0 Å². The molecule has 0 aromatic heterocycles. The van der Waals surface area contributed by atoms with Crippen LogP contribution in [0.4, 0.5) is 0 Å². The van der Waals surface area contributed by atoms with Crippen LogP contribution in [0.3, 0.4) is 0 Å². The minimum atomic E-state index is -0.947. The van der Waals surface area contributed by atoms with Gasteiger partial charge < -0.3 is 5.11 Å². The molecule has 0 radical (unpaired) electrons. The lowest BCUT2D eigenvalue weighted by atomic mass is 9.82. The standard InChI is InChI=1S/C17H17NO3/c19-15-11-14(12-7-3-1-4-8-12)16(17(15)18(20)21)13-9-5-2-6-10-13/h1-10,14-17,19H,11H2/t14-,15?,16-,17?/m0/s1. The number of aliphatic hydroxyl groups is 1. The Morgan fingerprint density at radius 3 is 2.00 bits per heavy atom. The van der Waals surface area contributed by atoms with Gasteiger partial charge >= 0.3 is 0 Å². The van der Waals surface area contributed by atoms with E-state index in [0.29, 0.717) is 6.42 Å². The van der Waals surface area contributed by atoms with Crippen molar-refractivity contribution in [2.24, 2.45) is 0 Å². The largest absolute Gasteiger partial charge is 0.386 e. The van der Waals surface area contributed by atoms with Gasteiger partial charge in [-0.25, -0.2) is 0 Å². The topological polar surface area (TPSA) is 63.4 Å². The molecule has 0 amide bonds. The van der Waals surface area contributed by atoms with Crippen molar-refractivity contribution in [1.29, 1.82) is 0 Å². The van der Waals surface area contributed by atoms with Crippen LogP contribution in [0.5, 0.6) is 0 Å². The van der Waals surface area contributed by atoms with Gasteiger partial charge in [-0.05, 0) is 17.5 Å². The van der Waals surface area contributed by atoms with Crippen LogP contribution >= 0.6 is 0 Å². The highest BCUT2D eigenvalue weighted by atomic mass is 16.6. The second kappa shape index (κ2) is 5.66. The maximum atomic E-state index is 11.4. The number of nitro groups is 1. The number of aliphatic hydroxyl groups excluding tert-OH is 1. The van der Waals surface area contributed by atoms with Crippen molar-refractivity contribution in [3.05, 3.63) is 81.9 Å². The zero-order valence-electron chi connectivity index (χ0n) is 11.5. The summed E-state index contributed by atoms with van der Waals surface area (Å²) >= 11 is 0. The van der Waals surface area contributed by atoms with Crippen LogP contribution < -0.4 is 0 Å². The van der Waals surface area contributed by atoms with Gasteiger partial charge in [0.1, 0.15) is 6.10 Å². The summed E-state index contributed by atoms with van der Waals surface area (Å²) in [5.41, 5.74) is 1.97. The summed E-state index contributed by atoms with van der Waals surface area (Å²) in [6.45, 7) is 0. The normalized spacial score (nSPS) is 28.4. The molecule has 0 saturated heterocycles. The van der Waals surface area contributed by atoms with Gasteiger partial charge in [0.2, 0.25) is 6.04 Å². The minimum absolute atomic E-state index is 0.0287. The van der Waals surface area contributed by atoms with E-state index in [2.05, 4.69) is 0 Å².